The molecule has 2 aromatic carbocycles. The number of carbonyl (C=O) groups is 1. The van der Waals surface area contributed by atoms with E-state index < -0.39 is 16.0 Å². The lowest BCUT2D eigenvalue weighted by molar-refractivity contribution is 0.0438. The molecular weight excluding hydrogens is 474 g/mol. The Morgan fingerprint density at radius 1 is 1.17 bits per heavy atom. The normalized spacial score (nSPS) is 11.3. The fraction of sp³-hybridized carbons (Fsp3) is 0.333. The minimum absolute atomic E-state index is 0.0576. The fourth-order valence-electron chi connectivity index (χ4n) is 3.40. The average Bonchev–Trinajstić information content (AvgIpc) is 3.19. The second-order valence-electron chi connectivity index (χ2n) is 7.52. The van der Waals surface area contributed by atoms with Gasteiger partial charge in [0.25, 0.3) is 0 Å². The highest BCUT2D eigenvalue weighted by Gasteiger charge is 2.17. The van der Waals surface area contributed by atoms with Crippen molar-refractivity contribution < 1.29 is 32.2 Å². The molecule has 11 heteroatoms. The van der Waals surface area contributed by atoms with Crippen molar-refractivity contribution in [3.63, 3.8) is 0 Å². The number of hydrogen-bond acceptors (Lipinski definition) is 8. The number of rotatable bonds is 12. The van der Waals surface area contributed by atoms with Gasteiger partial charge >= 0.3 is 5.97 Å². The number of sulfonamides is 1. The molecule has 0 atom stereocenters. The number of ether oxygens (including phenoxy) is 4. The van der Waals surface area contributed by atoms with E-state index in [0.29, 0.717) is 30.0 Å². The largest absolute Gasteiger partial charge is 0.493 e. The quantitative estimate of drug-likeness (QED) is 0.228. The molecule has 0 saturated heterocycles. The summed E-state index contributed by atoms with van der Waals surface area (Å²) in [6.07, 6.45) is 3.29. The molecule has 0 amide bonds. The number of nitrogens with zero attached hydrogens (tertiary/aromatic N) is 2. The number of nitriles is 1. The van der Waals surface area contributed by atoms with Crippen LogP contribution in [-0.4, -0.2) is 58.9 Å². The van der Waals surface area contributed by atoms with E-state index in [-0.39, 0.29) is 31.3 Å². The van der Waals surface area contributed by atoms with Gasteiger partial charge in [0.15, 0.2) is 6.79 Å². The number of esters is 1. The van der Waals surface area contributed by atoms with Gasteiger partial charge in [-0.2, -0.15) is 5.26 Å². The molecule has 3 aromatic rings. The molecule has 0 aliphatic rings. The lowest BCUT2D eigenvalue weighted by Gasteiger charge is -2.13. The van der Waals surface area contributed by atoms with Crippen LogP contribution in [0.4, 0.5) is 0 Å². The van der Waals surface area contributed by atoms with Crippen LogP contribution in [0.2, 0.25) is 0 Å². The van der Waals surface area contributed by atoms with Crippen molar-refractivity contribution in [2.75, 3.05) is 39.9 Å². The Hall–Kier alpha value is -3.59. The first-order chi connectivity index (χ1) is 16.8. The summed E-state index contributed by atoms with van der Waals surface area (Å²) in [5.74, 6) is 0.343. The fourth-order valence-corrected chi connectivity index (χ4v) is 3.91. The van der Waals surface area contributed by atoms with E-state index in [4.69, 9.17) is 18.9 Å². The maximum atomic E-state index is 12.3. The number of benzene rings is 2. The summed E-state index contributed by atoms with van der Waals surface area (Å²) in [4.78, 5) is 12.3. The first kappa shape index (κ1) is 26.0. The maximum Gasteiger partial charge on any atom is 0.341 e. The highest BCUT2D eigenvalue weighted by molar-refractivity contribution is 7.88. The summed E-state index contributed by atoms with van der Waals surface area (Å²) >= 11 is 0. The van der Waals surface area contributed by atoms with Gasteiger partial charge in [0.1, 0.15) is 23.1 Å². The first-order valence-electron chi connectivity index (χ1n) is 10.8. The third kappa shape index (κ3) is 6.73. The highest BCUT2D eigenvalue weighted by atomic mass is 32.2. The van der Waals surface area contributed by atoms with E-state index in [9.17, 15) is 18.5 Å². The Labute approximate surface area is 204 Å². The average molecular weight is 502 g/mol. The molecule has 0 aliphatic heterocycles. The molecule has 0 saturated carbocycles. The van der Waals surface area contributed by atoms with E-state index in [1.54, 1.807) is 54.1 Å². The maximum absolute atomic E-state index is 12.3. The molecular formula is C24H27N3O7S. The first-order valence-corrected chi connectivity index (χ1v) is 12.7. The van der Waals surface area contributed by atoms with E-state index in [0.717, 1.165) is 17.2 Å². The smallest absolute Gasteiger partial charge is 0.341 e. The van der Waals surface area contributed by atoms with Gasteiger partial charge in [-0.1, -0.05) is 0 Å². The van der Waals surface area contributed by atoms with Gasteiger partial charge < -0.3 is 23.5 Å². The van der Waals surface area contributed by atoms with Gasteiger partial charge in [0.05, 0.1) is 30.5 Å². The van der Waals surface area contributed by atoms with Crippen LogP contribution in [0, 0.1) is 11.3 Å². The van der Waals surface area contributed by atoms with Gasteiger partial charge in [-0.25, -0.2) is 17.9 Å². The molecule has 3 rings (SSSR count). The monoisotopic (exact) mass is 501 g/mol. The zero-order chi connectivity index (χ0) is 25.4. The number of methoxy groups -OCH3 is 1. The lowest BCUT2D eigenvalue weighted by Crippen LogP contribution is -2.24. The molecule has 0 bridgehead atoms. The molecule has 0 radical (unpaired) electrons. The van der Waals surface area contributed by atoms with Crippen molar-refractivity contribution in [2.45, 2.75) is 13.3 Å². The number of aromatic nitrogens is 1. The Morgan fingerprint density at radius 3 is 2.66 bits per heavy atom. The van der Waals surface area contributed by atoms with Crippen LogP contribution in [0.25, 0.3) is 16.6 Å². The molecule has 0 fully saturated rings. The summed E-state index contributed by atoms with van der Waals surface area (Å²) in [6.45, 7) is 2.47. The second-order valence-corrected chi connectivity index (χ2v) is 9.36. The Morgan fingerprint density at radius 2 is 1.97 bits per heavy atom. The predicted octanol–water partition coefficient (Wildman–Crippen LogP) is 2.98. The number of carbonyl (C=O) groups excluding carboxylic acids is 1. The Kier molecular flexibility index (Phi) is 8.70. The van der Waals surface area contributed by atoms with Crippen LogP contribution in [0.15, 0.2) is 42.6 Å². The van der Waals surface area contributed by atoms with Crippen LogP contribution >= 0.6 is 0 Å². The van der Waals surface area contributed by atoms with Crippen molar-refractivity contribution >= 4 is 26.9 Å². The summed E-state index contributed by atoms with van der Waals surface area (Å²) in [5.41, 5.74) is 2.11. The predicted molar refractivity (Wildman–Crippen MR) is 129 cm³/mol. The van der Waals surface area contributed by atoms with E-state index in [2.05, 4.69) is 10.8 Å². The van der Waals surface area contributed by atoms with E-state index >= 15 is 0 Å². The van der Waals surface area contributed by atoms with Gasteiger partial charge in [0, 0.05) is 43.1 Å². The molecule has 1 aromatic heterocycles. The summed E-state index contributed by atoms with van der Waals surface area (Å²) in [6, 6.07) is 12.6. The van der Waals surface area contributed by atoms with Gasteiger partial charge in [-0.05, 0) is 37.6 Å². The topological polar surface area (TPSA) is 129 Å². The molecule has 186 valence electrons. The standard InChI is InChI=1S/C24H27N3O7S/c1-4-32-24(28)21-8-6-18(12-23(21)34-16-31-2)27-15-17(14-25)20-9-7-19(13-22(20)27)33-11-5-10-26-35(3,29)30/h6-9,12-13,15,26H,4-5,10-11,16H2,1-3H3. The zero-order valence-corrected chi connectivity index (χ0v) is 20.6. The van der Waals surface area contributed by atoms with Crippen LogP contribution in [0.1, 0.15) is 29.3 Å². The van der Waals surface area contributed by atoms with Gasteiger partial charge in [0.2, 0.25) is 10.0 Å². The number of fused-ring (bicyclic) bond motifs is 1. The second kappa shape index (κ2) is 11.7. The van der Waals surface area contributed by atoms with E-state index in [1.165, 1.54) is 7.11 Å². The molecule has 10 nitrogen and oxygen atoms in total. The van der Waals surface area contributed by atoms with Crippen molar-refractivity contribution in [1.82, 2.24) is 9.29 Å². The van der Waals surface area contributed by atoms with Gasteiger partial charge in [-0.3, -0.25) is 0 Å². The molecule has 0 unspecified atom stereocenters. The van der Waals surface area contributed by atoms with E-state index in [1.807, 2.05) is 0 Å². The third-order valence-electron chi connectivity index (χ3n) is 4.92. The summed E-state index contributed by atoms with van der Waals surface area (Å²) in [5, 5.41) is 10.4. The van der Waals surface area contributed by atoms with Crippen LogP contribution in [-0.2, 0) is 19.5 Å². The van der Waals surface area contributed by atoms with Crippen LogP contribution < -0.4 is 14.2 Å². The number of hydrogen-bond donors (Lipinski definition) is 1. The van der Waals surface area contributed by atoms with Crippen molar-refractivity contribution in [1.29, 1.82) is 5.26 Å². The Bertz CT molecular complexity index is 1340. The Balaban J connectivity index is 1.93. The molecule has 0 aliphatic carbocycles. The molecule has 0 spiro atoms. The van der Waals surface area contributed by atoms with Crippen LogP contribution in [0.3, 0.4) is 0 Å². The number of nitrogens with one attached hydrogen (secondary N) is 1. The summed E-state index contributed by atoms with van der Waals surface area (Å²) in [7, 11) is -1.76. The minimum Gasteiger partial charge on any atom is -0.493 e. The minimum atomic E-state index is -3.24. The van der Waals surface area contributed by atoms with Gasteiger partial charge in [-0.15, -0.1) is 0 Å². The lowest BCUT2D eigenvalue weighted by atomic mass is 10.1. The molecule has 1 heterocycles. The molecule has 35 heavy (non-hydrogen) atoms. The SMILES string of the molecule is CCOC(=O)c1ccc(-n2cc(C#N)c3ccc(OCCCNS(C)(=O)=O)cc32)cc1OCOC. The summed E-state index contributed by atoms with van der Waals surface area (Å²) < 4.78 is 48.0. The van der Waals surface area contributed by atoms with Crippen molar-refractivity contribution in [2.24, 2.45) is 0 Å². The zero-order valence-electron chi connectivity index (χ0n) is 19.7. The third-order valence-corrected chi connectivity index (χ3v) is 5.65. The molecule has 1 N–H and O–H groups in total. The highest BCUT2D eigenvalue weighted by Crippen LogP contribution is 2.31. The van der Waals surface area contributed by atoms with Crippen molar-refractivity contribution in [3.05, 3.63) is 53.7 Å². The van der Waals surface area contributed by atoms with Crippen LogP contribution in [0.5, 0.6) is 11.5 Å². The van der Waals surface area contributed by atoms with Crippen molar-refractivity contribution in [3.8, 4) is 23.3 Å².